The van der Waals surface area contributed by atoms with Crippen molar-refractivity contribution in [1.29, 1.82) is 0 Å². The van der Waals surface area contributed by atoms with Gasteiger partial charge in [0.25, 0.3) is 5.91 Å². The number of carbonyl (C=O) groups excluding carboxylic acids is 3. The molecule has 8 nitrogen and oxygen atoms in total. The summed E-state index contributed by atoms with van der Waals surface area (Å²) >= 11 is 0. The number of nitrogens with zero attached hydrogens (tertiary/aromatic N) is 3. The first-order chi connectivity index (χ1) is 11.7. The predicted octanol–water partition coefficient (Wildman–Crippen LogP) is 2.22. The van der Waals surface area contributed by atoms with Gasteiger partial charge < -0.3 is 14.2 Å². The average molecular weight is 349 g/mol. The second-order valence-corrected chi connectivity index (χ2v) is 7.32. The summed E-state index contributed by atoms with van der Waals surface area (Å²) in [5.41, 5.74) is -0.509. The Morgan fingerprint density at radius 1 is 1.40 bits per heavy atom. The van der Waals surface area contributed by atoms with Crippen LogP contribution in [0.3, 0.4) is 0 Å². The molecule has 0 saturated carbocycles. The molecule has 2 fully saturated rings. The fourth-order valence-corrected chi connectivity index (χ4v) is 3.19. The van der Waals surface area contributed by atoms with Crippen molar-refractivity contribution >= 4 is 17.9 Å². The lowest BCUT2D eigenvalue weighted by Gasteiger charge is -2.24. The van der Waals surface area contributed by atoms with Crippen molar-refractivity contribution in [2.24, 2.45) is 0 Å². The van der Waals surface area contributed by atoms with Crippen LogP contribution in [0.1, 0.15) is 64.0 Å². The molecular formula is C17H23N3O5. The lowest BCUT2D eigenvalue weighted by Crippen LogP contribution is -2.44. The molecule has 0 radical (unpaired) electrons. The van der Waals surface area contributed by atoms with E-state index in [2.05, 4.69) is 5.16 Å². The molecule has 2 saturated heterocycles. The standard InChI is InChI=1S/C17H23N3O5/c1-10(2)13-8-11(18-25-13)12-6-5-7-19(12)14(21)9-20-15(22)17(3,4)24-16(20)23/h8,10,12H,5-7,9H2,1-4H3/t12-/m0/s1. The number of aromatic nitrogens is 1. The van der Waals surface area contributed by atoms with Gasteiger partial charge in [-0.05, 0) is 26.7 Å². The van der Waals surface area contributed by atoms with Crippen LogP contribution >= 0.6 is 0 Å². The van der Waals surface area contributed by atoms with Crippen LogP contribution in [0.2, 0.25) is 0 Å². The van der Waals surface area contributed by atoms with Crippen molar-refractivity contribution < 1.29 is 23.6 Å². The number of amides is 3. The number of hydrogen-bond acceptors (Lipinski definition) is 6. The number of carbonyl (C=O) groups is 3. The van der Waals surface area contributed by atoms with E-state index in [0.717, 1.165) is 23.5 Å². The number of hydrogen-bond donors (Lipinski definition) is 0. The van der Waals surface area contributed by atoms with E-state index in [1.807, 2.05) is 19.9 Å². The van der Waals surface area contributed by atoms with E-state index >= 15 is 0 Å². The van der Waals surface area contributed by atoms with Gasteiger partial charge in [0.05, 0.1) is 6.04 Å². The zero-order valence-corrected chi connectivity index (χ0v) is 14.9. The van der Waals surface area contributed by atoms with E-state index < -0.39 is 17.6 Å². The van der Waals surface area contributed by atoms with E-state index in [0.29, 0.717) is 12.2 Å². The summed E-state index contributed by atoms with van der Waals surface area (Å²) in [6.45, 7) is 7.29. The second kappa shape index (κ2) is 6.16. The summed E-state index contributed by atoms with van der Waals surface area (Å²) in [5.74, 6) is 0.199. The van der Waals surface area contributed by atoms with Gasteiger partial charge >= 0.3 is 6.09 Å². The smallest absolute Gasteiger partial charge is 0.418 e. The molecule has 3 heterocycles. The van der Waals surface area contributed by atoms with Gasteiger partial charge in [0.1, 0.15) is 18.0 Å². The Kier molecular flexibility index (Phi) is 4.30. The molecule has 1 aromatic heterocycles. The molecule has 0 N–H and O–H groups in total. The highest BCUT2D eigenvalue weighted by molar-refractivity contribution is 6.04. The van der Waals surface area contributed by atoms with Gasteiger partial charge in [-0.1, -0.05) is 19.0 Å². The molecule has 0 aliphatic carbocycles. The first kappa shape index (κ1) is 17.4. The highest BCUT2D eigenvalue weighted by atomic mass is 16.6. The van der Waals surface area contributed by atoms with E-state index in [1.165, 1.54) is 13.8 Å². The van der Waals surface area contributed by atoms with E-state index in [9.17, 15) is 14.4 Å². The number of rotatable bonds is 4. The minimum atomic E-state index is -1.22. The maximum Gasteiger partial charge on any atom is 0.418 e. The second-order valence-electron chi connectivity index (χ2n) is 7.32. The molecule has 136 valence electrons. The van der Waals surface area contributed by atoms with E-state index in [-0.39, 0.29) is 24.4 Å². The monoisotopic (exact) mass is 349 g/mol. The zero-order chi connectivity index (χ0) is 18.4. The highest BCUT2D eigenvalue weighted by Gasteiger charge is 2.48. The van der Waals surface area contributed by atoms with Crippen LogP contribution in [0, 0.1) is 0 Å². The van der Waals surface area contributed by atoms with Gasteiger partial charge in [-0.3, -0.25) is 9.59 Å². The Bertz CT molecular complexity index is 709. The fourth-order valence-electron chi connectivity index (χ4n) is 3.19. The van der Waals surface area contributed by atoms with Crippen molar-refractivity contribution in [3.63, 3.8) is 0 Å². The van der Waals surface area contributed by atoms with Crippen LogP contribution in [-0.4, -0.2) is 51.6 Å². The SMILES string of the molecule is CC(C)c1cc([C@@H]2CCCN2C(=O)CN2C(=O)OC(C)(C)C2=O)no1. The largest absolute Gasteiger partial charge is 0.433 e. The third kappa shape index (κ3) is 3.12. The summed E-state index contributed by atoms with van der Waals surface area (Å²) in [7, 11) is 0. The molecule has 0 aromatic carbocycles. The molecule has 25 heavy (non-hydrogen) atoms. The quantitative estimate of drug-likeness (QED) is 0.827. The summed E-state index contributed by atoms with van der Waals surface area (Å²) in [4.78, 5) is 39.3. The molecule has 2 aliphatic rings. The minimum absolute atomic E-state index is 0.189. The van der Waals surface area contributed by atoms with Crippen LogP contribution in [0.5, 0.6) is 0 Å². The fraction of sp³-hybridized carbons (Fsp3) is 0.647. The summed E-state index contributed by atoms with van der Waals surface area (Å²) < 4.78 is 10.4. The molecule has 2 aliphatic heterocycles. The molecular weight excluding hydrogens is 326 g/mol. The first-order valence-corrected chi connectivity index (χ1v) is 8.51. The van der Waals surface area contributed by atoms with Gasteiger partial charge in [0.15, 0.2) is 5.60 Å². The minimum Gasteiger partial charge on any atom is -0.433 e. The predicted molar refractivity (Wildman–Crippen MR) is 86.6 cm³/mol. The Hall–Kier alpha value is -2.38. The van der Waals surface area contributed by atoms with Gasteiger partial charge in [-0.25, -0.2) is 9.69 Å². The van der Waals surface area contributed by atoms with Gasteiger partial charge in [0.2, 0.25) is 5.91 Å². The van der Waals surface area contributed by atoms with Crippen LogP contribution in [0.4, 0.5) is 4.79 Å². The summed E-state index contributed by atoms with van der Waals surface area (Å²) in [6.07, 6.45) is 0.840. The Morgan fingerprint density at radius 2 is 2.12 bits per heavy atom. The van der Waals surface area contributed by atoms with Gasteiger partial charge in [0, 0.05) is 18.5 Å². The normalized spacial score (nSPS) is 22.8. The molecule has 1 aromatic rings. The number of cyclic esters (lactones) is 1. The van der Waals surface area contributed by atoms with Crippen LogP contribution in [0.15, 0.2) is 10.6 Å². The lowest BCUT2D eigenvalue weighted by molar-refractivity contribution is -0.140. The number of likely N-dealkylation sites (tertiary alicyclic amines) is 1. The number of imide groups is 1. The molecule has 0 bridgehead atoms. The Balaban J connectivity index is 1.73. The lowest BCUT2D eigenvalue weighted by atomic mass is 10.1. The third-order valence-corrected chi connectivity index (χ3v) is 4.65. The topological polar surface area (TPSA) is 93.0 Å². The molecule has 3 amide bonds. The number of ether oxygens (including phenoxy) is 1. The molecule has 8 heteroatoms. The van der Waals surface area contributed by atoms with Gasteiger partial charge in [-0.2, -0.15) is 0 Å². The maximum atomic E-state index is 12.7. The van der Waals surface area contributed by atoms with Crippen molar-refractivity contribution in [3.8, 4) is 0 Å². The van der Waals surface area contributed by atoms with Crippen LogP contribution in [0.25, 0.3) is 0 Å². The summed E-state index contributed by atoms with van der Waals surface area (Å²) in [6, 6.07) is 1.68. The first-order valence-electron chi connectivity index (χ1n) is 8.51. The van der Waals surface area contributed by atoms with Crippen molar-refractivity contribution in [2.75, 3.05) is 13.1 Å². The van der Waals surface area contributed by atoms with Crippen molar-refractivity contribution in [2.45, 2.75) is 58.1 Å². The van der Waals surface area contributed by atoms with E-state index in [1.54, 1.807) is 4.90 Å². The van der Waals surface area contributed by atoms with Gasteiger partial charge in [-0.15, -0.1) is 0 Å². The van der Waals surface area contributed by atoms with Crippen LogP contribution < -0.4 is 0 Å². The van der Waals surface area contributed by atoms with Crippen molar-refractivity contribution in [1.82, 2.24) is 15.0 Å². The summed E-state index contributed by atoms with van der Waals surface area (Å²) in [5, 5.41) is 4.10. The van der Waals surface area contributed by atoms with Crippen LogP contribution in [-0.2, 0) is 14.3 Å². The molecule has 1 atom stereocenters. The maximum absolute atomic E-state index is 12.7. The average Bonchev–Trinajstić information content (AvgIpc) is 3.21. The Morgan fingerprint density at radius 3 is 2.68 bits per heavy atom. The third-order valence-electron chi connectivity index (χ3n) is 4.65. The van der Waals surface area contributed by atoms with E-state index in [4.69, 9.17) is 9.26 Å². The van der Waals surface area contributed by atoms with Crippen molar-refractivity contribution in [3.05, 3.63) is 17.5 Å². The molecule has 3 rings (SSSR count). The molecule has 0 unspecified atom stereocenters. The Labute approximate surface area is 146 Å². The zero-order valence-electron chi connectivity index (χ0n) is 14.9. The highest BCUT2D eigenvalue weighted by Crippen LogP contribution is 2.33. The molecule has 0 spiro atoms.